The topological polar surface area (TPSA) is 105 Å². The summed E-state index contributed by atoms with van der Waals surface area (Å²) in [6.07, 6.45) is 0.962. The van der Waals surface area contributed by atoms with Crippen LogP contribution in [-0.2, 0) is 23.2 Å². The van der Waals surface area contributed by atoms with Crippen LogP contribution >= 0.6 is 0 Å². The quantitative estimate of drug-likeness (QED) is 0.421. The third kappa shape index (κ3) is 5.30. The van der Waals surface area contributed by atoms with Crippen LogP contribution in [0.5, 0.6) is 0 Å². The van der Waals surface area contributed by atoms with Gasteiger partial charge in [-0.25, -0.2) is 9.50 Å². The van der Waals surface area contributed by atoms with E-state index in [0.717, 1.165) is 35.6 Å². The maximum Gasteiger partial charge on any atom is 0.270 e. The summed E-state index contributed by atoms with van der Waals surface area (Å²) in [7, 11) is 0. The SMILES string of the molecule is Cc1nc2nc(C(=O)NCc3ccc(NC(=O)CN4CCc5ccccc54)cc3)cc(C(C)(C)C)n2n1. The average molecular weight is 498 g/mol. The zero-order chi connectivity index (χ0) is 26.2. The standard InChI is InChI=1S/C28H31N7O2/c1-18-30-27-32-22(15-24(28(2,3)4)35(27)33-18)26(37)29-16-19-9-11-21(12-10-19)31-25(36)17-34-14-13-20-7-5-6-8-23(20)34/h5-12,15H,13-14,16-17H2,1-4H3,(H,29,37)(H,31,36). The highest BCUT2D eigenvalue weighted by atomic mass is 16.2. The number of nitrogens with zero attached hydrogens (tertiary/aromatic N) is 5. The smallest absolute Gasteiger partial charge is 0.270 e. The Kier molecular flexibility index (Phi) is 6.37. The Morgan fingerprint density at radius 1 is 1.03 bits per heavy atom. The van der Waals surface area contributed by atoms with E-state index in [2.05, 4.69) is 63.5 Å². The number of para-hydroxylation sites is 1. The Balaban J connectivity index is 1.19. The number of aromatic nitrogens is 4. The summed E-state index contributed by atoms with van der Waals surface area (Å²) in [5, 5.41) is 10.3. The van der Waals surface area contributed by atoms with E-state index >= 15 is 0 Å². The Hall–Kier alpha value is -4.27. The summed E-state index contributed by atoms with van der Waals surface area (Å²) in [4.78, 5) is 36.4. The second-order valence-corrected chi connectivity index (χ2v) is 10.4. The number of aryl methyl sites for hydroxylation is 1. The number of rotatable bonds is 6. The molecule has 0 saturated carbocycles. The van der Waals surface area contributed by atoms with Gasteiger partial charge in [-0.05, 0) is 48.7 Å². The number of carbonyl (C=O) groups excluding carboxylic acids is 2. The number of hydrogen-bond donors (Lipinski definition) is 2. The number of hydrogen-bond acceptors (Lipinski definition) is 6. The van der Waals surface area contributed by atoms with E-state index < -0.39 is 0 Å². The molecule has 3 heterocycles. The molecule has 0 saturated heterocycles. The van der Waals surface area contributed by atoms with Gasteiger partial charge in [0, 0.05) is 29.9 Å². The van der Waals surface area contributed by atoms with Crippen molar-refractivity contribution in [2.75, 3.05) is 23.3 Å². The molecular weight excluding hydrogens is 466 g/mol. The molecule has 2 aromatic heterocycles. The van der Waals surface area contributed by atoms with E-state index in [1.807, 2.05) is 36.4 Å². The second kappa shape index (κ2) is 9.65. The van der Waals surface area contributed by atoms with Gasteiger partial charge >= 0.3 is 0 Å². The van der Waals surface area contributed by atoms with Crippen LogP contribution in [0.15, 0.2) is 54.6 Å². The molecule has 190 valence electrons. The molecule has 9 nitrogen and oxygen atoms in total. The van der Waals surface area contributed by atoms with Crippen LogP contribution in [0, 0.1) is 6.92 Å². The molecule has 0 aliphatic carbocycles. The van der Waals surface area contributed by atoms with Crippen LogP contribution in [0.1, 0.15) is 53.9 Å². The fourth-order valence-corrected chi connectivity index (χ4v) is 4.54. The van der Waals surface area contributed by atoms with E-state index in [9.17, 15) is 9.59 Å². The Bertz CT molecular complexity index is 1470. The minimum atomic E-state index is -0.281. The zero-order valence-corrected chi connectivity index (χ0v) is 21.6. The lowest BCUT2D eigenvalue weighted by molar-refractivity contribution is -0.115. The van der Waals surface area contributed by atoms with Crippen LogP contribution in [0.2, 0.25) is 0 Å². The maximum absolute atomic E-state index is 12.9. The highest BCUT2D eigenvalue weighted by Gasteiger charge is 2.23. The highest BCUT2D eigenvalue weighted by molar-refractivity contribution is 5.94. The minimum Gasteiger partial charge on any atom is -0.362 e. The molecule has 2 N–H and O–H groups in total. The van der Waals surface area contributed by atoms with Gasteiger partial charge in [0.25, 0.3) is 11.7 Å². The lowest BCUT2D eigenvalue weighted by Crippen LogP contribution is -2.31. The third-order valence-corrected chi connectivity index (χ3v) is 6.43. The first-order valence-corrected chi connectivity index (χ1v) is 12.4. The number of anilines is 2. The van der Waals surface area contributed by atoms with Crippen LogP contribution in [0.3, 0.4) is 0 Å². The predicted molar refractivity (Wildman–Crippen MR) is 143 cm³/mol. The van der Waals surface area contributed by atoms with Gasteiger partial charge in [-0.3, -0.25) is 9.59 Å². The third-order valence-electron chi connectivity index (χ3n) is 6.43. The van der Waals surface area contributed by atoms with Crippen molar-refractivity contribution in [1.29, 1.82) is 0 Å². The molecule has 2 aromatic carbocycles. The van der Waals surface area contributed by atoms with Crippen molar-refractivity contribution in [2.45, 2.75) is 46.1 Å². The van der Waals surface area contributed by atoms with Gasteiger partial charge in [-0.1, -0.05) is 51.1 Å². The first-order valence-electron chi connectivity index (χ1n) is 12.4. The molecule has 4 aromatic rings. The first-order chi connectivity index (χ1) is 17.7. The number of amides is 2. The van der Waals surface area contributed by atoms with Crippen molar-refractivity contribution in [3.8, 4) is 0 Å². The van der Waals surface area contributed by atoms with E-state index in [-0.39, 0.29) is 17.2 Å². The molecule has 1 aliphatic heterocycles. The molecule has 37 heavy (non-hydrogen) atoms. The van der Waals surface area contributed by atoms with Crippen molar-refractivity contribution >= 4 is 29.0 Å². The van der Waals surface area contributed by atoms with Gasteiger partial charge in [0.05, 0.1) is 12.2 Å². The summed E-state index contributed by atoms with van der Waals surface area (Å²) in [6, 6.07) is 17.4. The van der Waals surface area contributed by atoms with Gasteiger partial charge in [-0.15, -0.1) is 0 Å². The summed E-state index contributed by atoms with van der Waals surface area (Å²) in [5.41, 5.74) is 4.97. The first kappa shape index (κ1) is 24.4. The molecule has 0 bridgehead atoms. The average Bonchev–Trinajstić information content (AvgIpc) is 3.44. The van der Waals surface area contributed by atoms with Crippen molar-refractivity contribution in [3.63, 3.8) is 0 Å². The molecule has 9 heteroatoms. The number of carbonyl (C=O) groups is 2. The Morgan fingerprint density at radius 3 is 2.54 bits per heavy atom. The summed E-state index contributed by atoms with van der Waals surface area (Å²) in [5.74, 6) is 0.676. The van der Waals surface area contributed by atoms with Crippen LogP contribution < -0.4 is 15.5 Å². The summed E-state index contributed by atoms with van der Waals surface area (Å²) < 4.78 is 1.70. The zero-order valence-electron chi connectivity index (χ0n) is 21.6. The predicted octanol–water partition coefficient (Wildman–Crippen LogP) is 3.66. The van der Waals surface area contributed by atoms with E-state index in [4.69, 9.17) is 0 Å². The van der Waals surface area contributed by atoms with E-state index in [1.165, 1.54) is 5.56 Å². The lowest BCUT2D eigenvalue weighted by atomic mass is 9.91. The van der Waals surface area contributed by atoms with E-state index in [0.29, 0.717) is 30.4 Å². The molecule has 0 atom stereocenters. The molecule has 2 amide bonds. The fraction of sp³-hybridized carbons (Fsp3) is 0.321. The van der Waals surface area contributed by atoms with Crippen molar-refractivity contribution < 1.29 is 9.59 Å². The second-order valence-electron chi connectivity index (χ2n) is 10.4. The fourth-order valence-electron chi connectivity index (χ4n) is 4.54. The van der Waals surface area contributed by atoms with Crippen LogP contribution in [0.4, 0.5) is 11.4 Å². The highest BCUT2D eigenvalue weighted by Crippen LogP contribution is 2.27. The number of nitrogens with one attached hydrogen (secondary N) is 2. The normalized spacial score (nSPS) is 13.0. The summed E-state index contributed by atoms with van der Waals surface area (Å²) in [6.45, 7) is 9.48. The Morgan fingerprint density at radius 2 is 1.78 bits per heavy atom. The van der Waals surface area contributed by atoms with Crippen LogP contribution in [-0.4, -0.2) is 44.5 Å². The molecule has 1 aliphatic rings. The molecule has 0 fully saturated rings. The van der Waals surface area contributed by atoms with Gasteiger partial charge in [-0.2, -0.15) is 10.1 Å². The Labute approximate surface area is 215 Å². The minimum absolute atomic E-state index is 0.0578. The van der Waals surface area contributed by atoms with Crippen molar-refractivity contribution in [2.24, 2.45) is 0 Å². The molecule has 0 unspecified atom stereocenters. The number of fused-ring (bicyclic) bond motifs is 2. The lowest BCUT2D eigenvalue weighted by Gasteiger charge is -2.20. The largest absolute Gasteiger partial charge is 0.362 e. The van der Waals surface area contributed by atoms with E-state index in [1.54, 1.807) is 17.5 Å². The van der Waals surface area contributed by atoms with Crippen LogP contribution in [0.25, 0.3) is 5.78 Å². The van der Waals surface area contributed by atoms with Crippen molar-refractivity contribution in [1.82, 2.24) is 24.9 Å². The molecule has 0 radical (unpaired) electrons. The van der Waals surface area contributed by atoms with Crippen molar-refractivity contribution in [3.05, 3.63) is 82.9 Å². The van der Waals surface area contributed by atoms with Gasteiger partial charge < -0.3 is 15.5 Å². The van der Waals surface area contributed by atoms with Gasteiger partial charge in [0.1, 0.15) is 11.5 Å². The van der Waals surface area contributed by atoms with Gasteiger partial charge in [0.2, 0.25) is 5.91 Å². The van der Waals surface area contributed by atoms with Gasteiger partial charge in [0.15, 0.2) is 0 Å². The monoisotopic (exact) mass is 497 g/mol. The molecule has 0 spiro atoms. The maximum atomic E-state index is 12.9. The summed E-state index contributed by atoms with van der Waals surface area (Å²) >= 11 is 0. The molecule has 5 rings (SSSR count). The number of benzene rings is 2. The molecular formula is C28H31N7O2.